The lowest BCUT2D eigenvalue weighted by Gasteiger charge is -2.24. The van der Waals surface area contributed by atoms with Crippen molar-refractivity contribution in [2.75, 3.05) is 6.54 Å². The Morgan fingerprint density at radius 2 is 2.25 bits per heavy atom. The minimum atomic E-state index is 0.127. The third-order valence-electron chi connectivity index (χ3n) is 4.35. The van der Waals surface area contributed by atoms with E-state index in [1.165, 1.54) is 25.7 Å². The first-order valence-electron chi connectivity index (χ1n) is 6.71. The molecule has 92 valence electrons. The summed E-state index contributed by atoms with van der Waals surface area (Å²) in [5.74, 6) is 2.04. The van der Waals surface area contributed by atoms with Crippen molar-refractivity contribution < 1.29 is 4.79 Å². The zero-order valence-corrected chi connectivity index (χ0v) is 10.2. The first-order valence-corrected chi connectivity index (χ1v) is 6.71. The van der Waals surface area contributed by atoms with Crippen LogP contribution in [0.1, 0.15) is 45.4 Å². The van der Waals surface area contributed by atoms with Crippen molar-refractivity contribution >= 4 is 5.91 Å². The van der Waals surface area contributed by atoms with Crippen LogP contribution in [0.2, 0.25) is 0 Å². The highest BCUT2D eigenvalue weighted by atomic mass is 16.1. The van der Waals surface area contributed by atoms with Crippen LogP contribution in [0.15, 0.2) is 0 Å². The largest absolute Gasteiger partial charge is 0.353 e. The molecule has 0 aromatic carbocycles. The fraction of sp³-hybridized carbons (Fsp3) is 0.923. The second kappa shape index (κ2) is 5.17. The fourth-order valence-corrected chi connectivity index (χ4v) is 3.30. The molecule has 2 rings (SSSR count). The molecule has 0 aromatic heterocycles. The molecule has 4 unspecified atom stereocenters. The highest BCUT2D eigenvalue weighted by molar-refractivity contribution is 5.78. The van der Waals surface area contributed by atoms with Crippen molar-refractivity contribution in [1.29, 1.82) is 0 Å². The van der Waals surface area contributed by atoms with Gasteiger partial charge in [-0.2, -0.15) is 0 Å². The van der Waals surface area contributed by atoms with Crippen LogP contribution in [-0.2, 0) is 4.79 Å². The molecule has 0 spiro atoms. The van der Waals surface area contributed by atoms with E-state index >= 15 is 0 Å². The lowest BCUT2D eigenvalue weighted by molar-refractivity contribution is -0.125. The van der Waals surface area contributed by atoms with Crippen LogP contribution in [0.3, 0.4) is 0 Å². The summed E-state index contributed by atoms with van der Waals surface area (Å²) in [4.78, 5) is 11.9. The average molecular weight is 224 g/mol. The maximum atomic E-state index is 11.9. The summed E-state index contributed by atoms with van der Waals surface area (Å²) < 4.78 is 0. The van der Waals surface area contributed by atoms with Crippen LogP contribution in [0.4, 0.5) is 0 Å². The van der Waals surface area contributed by atoms with E-state index in [4.69, 9.17) is 5.73 Å². The molecule has 2 saturated carbocycles. The molecule has 0 aliphatic heterocycles. The number of amides is 1. The van der Waals surface area contributed by atoms with Crippen LogP contribution in [-0.4, -0.2) is 18.5 Å². The van der Waals surface area contributed by atoms with Crippen LogP contribution < -0.4 is 11.1 Å². The molecule has 0 saturated heterocycles. The number of carbonyl (C=O) groups is 1. The summed E-state index contributed by atoms with van der Waals surface area (Å²) in [7, 11) is 0. The van der Waals surface area contributed by atoms with Crippen molar-refractivity contribution in [3.63, 3.8) is 0 Å². The van der Waals surface area contributed by atoms with Gasteiger partial charge in [-0.05, 0) is 50.5 Å². The van der Waals surface area contributed by atoms with E-state index in [0.717, 1.165) is 24.7 Å². The molecule has 3 heteroatoms. The van der Waals surface area contributed by atoms with Gasteiger partial charge in [-0.3, -0.25) is 4.79 Å². The zero-order valence-electron chi connectivity index (χ0n) is 10.2. The Bertz CT molecular complexity index is 254. The standard InChI is InChI=1S/C13H24N2O/c1-9(3-2-6-14)13(16)15-12-8-10-4-5-11(12)7-10/h9-12H,2-8,14H2,1H3,(H,15,16). The molecule has 0 heterocycles. The Morgan fingerprint density at radius 3 is 2.81 bits per heavy atom. The number of hydrogen-bond acceptors (Lipinski definition) is 2. The van der Waals surface area contributed by atoms with Gasteiger partial charge in [-0.25, -0.2) is 0 Å². The molecule has 4 atom stereocenters. The monoisotopic (exact) mass is 224 g/mol. The lowest BCUT2D eigenvalue weighted by atomic mass is 9.94. The predicted octanol–water partition coefficient (Wildman–Crippen LogP) is 1.67. The molecule has 3 N–H and O–H groups in total. The molecule has 2 fully saturated rings. The van der Waals surface area contributed by atoms with Crippen LogP contribution in [0.5, 0.6) is 0 Å². The highest BCUT2D eigenvalue weighted by Gasteiger charge is 2.40. The Kier molecular flexibility index (Phi) is 3.85. The number of hydrogen-bond donors (Lipinski definition) is 2. The second-order valence-corrected chi connectivity index (χ2v) is 5.62. The maximum absolute atomic E-state index is 11.9. The Balaban J connectivity index is 1.74. The van der Waals surface area contributed by atoms with Crippen molar-refractivity contribution in [3.8, 4) is 0 Å². The van der Waals surface area contributed by atoms with Gasteiger partial charge in [0.1, 0.15) is 0 Å². The normalized spacial score (nSPS) is 34.0. The van der Waals surface area contributed by atoms with E-state index in [1.54, 1.807) is 0 Å². The van der Waals surface area contributed by atoms with E-state index in [-0.39, 0.29) is 11.8 Å². The summed E-state index contributed by atoms with van der Waals surface area (Å²) in [5.41, 5.74) is 5.46. The van der Waals surface area contributed by atoms with Gasteiger partial charge in [-0.1, -0.05) is 13.3 Å². The Morgan fingerprint density at radius 1 is 1.44 bits per heavy atom. The van der Waals surface area contributed by atoms with E-state index in [2.05, 4.69) is 5.32 Å². The molecule has 0 aromatic rings. The number of fused-ring (bicyclic) bond motifs is 2. The number of carbonyl (C=O) groups excluding carboxylic acids is 1. The maximum Gasteiger partial charge on any atom is 0.223 e. The van der Waals surface area contributed by atoms with Gasteiger partial charge in [0, 0.05) is 12.0 Å². The van der Waals surface area contributed by atoms with Crippen LogP contribution in [0.25, 0.3) is 0 Å². The third-order valence-corrected chi connectivity index (χ3v) is 4.35. The average Bonchev–Trinajstić information content (AvgIpc) is 2.87. The Hall–Kier alpha value is -0.570. The lowest BCUT2D eigenvalue weighted by Crippen LogP contribution is -2.41. The van der Waals surface area contributed by atoms with Gasteiger partial charge in [0.15, 0.2) is 0 Å². The van der Waals surface area contributed by atoms with Crippen molar-refractivity contribution in [2.45, 2.75) is 51.5 Å². The minimum absolute atomic E-state index is 0.127. The van der Waals surface area contributed by atoms with E-state index < -0.39 is 0 Å². The molecule has 16 heavy (non-hydrogen) atoms. The predicted molar refractivity (Wildman–Crippen MR) is 64.8 cm³/mol. The summed E-state index contributed by atoms with van der Waals surface area (Å²) in [6.45, 7) is 2.70. The number of nitrogens with one attached hydrogen (secondary N) is 1. The topological polar surface area (TPSA) is 55.1 Å². The quantitative estimate of drug-likeness (QED) is 0.746. The molecule has 3 nitrogen and oxygen atoms in total. The van der Waals surface area contributed by atoms with Crippen LogP contribution in [0, 0.1) is 17.8 Å². The number of nitrogens with two attached hydrogens (primary N) is 1. The Labute approximate surface area is 98.2 Å². The number of rotatable bonds is 5. The van der Waals surface area contributed by atoms with Gasteiger partial charge >= 0.3 is 0 Å². The van der Waals surface area contributed by atoms with Gasteiger partial charge < -0.3 is 11.1 Å². The molecule has 2 bridgehead atoms. The minimum Gasteiger partial charge on any atom is -0.353 e. The smallest absolute Gasteiger partial charge is 0.223 e. The SMILES string of the molecule is CC(CCCN)C(=O)NC1CC2CCC1C2. The summed E-state index contributed by atoms with van der Waals surface area (Å²) in [5, 5.41) is 3.24. The molecule has 2 aliphatic rings. The molecule has 1 amide bonds. The van der Waals surface area contributed by atoms with Gasteiger partial charge in [0.2, 0.25) is 5.91 Å². The van der Waals surface area contributed by atoms with Gasteiger partial charge in [0.25, 0.3) is 0 Å². The first-order chi connectivity index (χ1) is 7.70. The fourth-order valence-electron chi connectivity index (χ4n) is 3.30. The second-order valence-electron chi connectivity index (χ2n) is 5.62. The highest BCUT2D eigenvalue weighted by Crippen LogP contribution is 2.44. The van der Waals surface area contributed by atoms with Crippen LogP contribution >= 0.6 is 0 Å². The summed E-state index contributed by atoms with van der Waals surface area (Å²) >= 11 is 0. The van der Waals surface area contributed by atoms with Crippen molar-refractivity contribution in [2.24, 2.45) is 23.5 Å². The molecule has 0 radical (unpaired) electrons. The van der Waals surface area contributed by atoms with Crippen molar-refractivity contribution in [3.05, 3.63) is 0 Å². The zero-order chi connectivity index (χ0) is 11.5. The summed E-state index contributed by atoms with van der Waals surface area (Å²) in [6, 6.07) is 0.478. The van der Waals surface area contributed by atoms with Crippen molar-refractivity contribution in [1.82, 2.24) is 5.32 Å². The van der Waals surface area contributed by atoms with E-state index in [9.17, 15) is 4.79 Å². The van der Waals surface area contributed by atoms with E-state index in [0.29, 0.717) is 12.6 Å². The third kappa shape index (κ3) is 2.57. The van der Waals surface area contributed by atoms with E-state index in [1.807, 2.05) is 6.92 Å². The summed E-state index contributed by atoms with van der Waals surface area (Å²) in [6.07, 6.45) is 7.16. The van der Waals surface area contributed by atoms with Gasteiger partial charge in [0.05, 0.1) is 0 Å². The van der Waals surface area contributed by atoms with Gasteiger partial charge in [-0.15, -0.1) is 0 Å². The molecule has 2 aliphatic carbocycles. The molecular weight excluding hydrogens is 200 g/mol. The first kappa shape index (κ1) is 11.9. The molecular formula is C13H24N2O.